The van der Waals surface area contributed by atoms with Crippen LogP contribution >= 0.6 is 0 Å². The summed E-state index contributed by atoms with van der Waals surface area (Å²) in [6.07, 6.45) is 0. The van der Waals surface area contributed by atoms with Crippen molar-refractivity contribution in [3.8, 4) is 28.6 Å². The van der Waals surface area contributed by atoms with Gasteiger partial charge in [0.15, 0.2) is 0 Å². The molecule has 0 saturated heterocycles. The van der Waals surface area contributed by atoms with Crippen LogP contribution in [-0.4, -0.2) is 23.7 Å². The number of benzene rings is 10. The molecule has 0 aliphatic heterocycles. The highest BCUT2D eigenvalue weighted by molar-refractivity contribution is 6.42. The second-order valence-electron chi connectivity index (χ2n) is 16.8. The smallest absolute Gasteiger partial charge is 0.265 e. The molecule has 0 amide bonds. The van der Waals surface area contributed by atoms with Crippen LogP contribution in [0.25, 0.3) is 126 Å². The summed E-state index contributed by atoms with van der Waals surface area (Å²) in [6.45, 7) is 0. The minimum Gasteiger partial charge on any atom is -0.307 e. The first-order valence-corrected chi connectivity index (χ1v) is 22.0. The van der Waals surface area contributed by atoms with Crippen molar-refractivity contribution in [2.45, 2.75) is 0 Å². The molecule has 0 aliphatic carbocycles. The van der Waals surface area contributed by atoms with Gasteiger partial charge in [-0.2, -0.15) is 0 Å². The van der Waals surface area contributed by atoms with E-state index < -0.39 is 0 Å². The Hall–Kier alpha value is -8.87. The van der Waals surface area contributed by atoms with Gasteiger partial charge < -0.3 is 4.57 Å². The van der Waals surface area contributed by atoms with E-state index in [1.54, 1.807) is 0 Å². The summed E-state index contributed by atoms with van der Waals surface area (Å²) in [6, 6.07) is 73.6. The number of aromatic nitrogens is 5. The summed E-state index contributed by atoms with van der Waals surface area (Å²) >= 11 is 0. The van der Waals surface area contributed by atoms with Gasteiger partial charge in [0.1, 0.15) is 0 Å². The van der Waals surface area contributed by atoms with Crippen molar-refractivity contribution in [3.05, 3.63) is 223 Å². The molecular weight excluding hydrogens is 795 g/mol. The Kier molecular flexibility index (Phi) is 7.45. The number of nitrogens with zero attached hydrogens (tertiary/aromatic N) is 5. The molecule has 65 heavy (non-hydrogen) atoms. The van der Waals surface area contributed by atoms with E-state index in [1.807, 2.05) is 59.2 Å². The molecule has 0 atom stereocenters. The zero-order valence-electron chi connectivity index (χ0n) is 34.9. The average molecular weight is 830 g/mol. The summed E-state index contributed by atoms with van der Waals surface area (Å²) in [5.41, 5.74) is 8.91. The third-order valence-electron chi connectivity index (χ3n) is 13.4. The third-order valence-corrected chi connectivity index (χ3v) is 13.4. The van der Waals surface area contributed by atoms with Gasteiger partial charge in [0, 0.05) is 54.6 Å². The van der Waals surface area contributed by atoms with Crippen LogP contribution in [0, 0.1) is 0 Å². The van der Waals surface area contributed by atoms with Crippen molar-refractivity contribution in [1.29, 1.82) is 0 Å². The number of hydrogen-bond acceptors (Lipinski definition) is 3. The normalized spacial score (nSPS) is 12.1. The first-order valence-electron chi connectivity index (χ1n) is 22.0. The van der Waals surface area contributed by atoms with Crippen LogP contribution in [-0.2, 0) is 0 Å². The predicted molar refractivity (Wildman–Crippen MR) is 269 cm³/mol. The SMILES string of the molecule is O=c1c2c(c3ccccc3c3c4ccccc4n(-c4nc(-c5ccccc5)c5ccccc5n4)c23)c2c3ccccc3c3c4ccccc4n(-c4ccccc4)c3c2n1-c1ccccc1. The topological polar surface area (TPSA) is 57.6 Å². The van der Waals surface area contributed by atoms with Crippen LogP contribution in [0.4, 0.5) is 0 Å². The number of pyridine rings is 1. The van der Waals surface area contributed by atoms with Crippen molar-refractivity contribution in [1.82, 2.24) is 23.7 Å². The molecule has 0 fully saturated rings. The standard InChI is InChI=1S/C59H35N5O/c65-58-53-51(52-42-29-13-11-27-40(42)50-44-31-15-18-34-47(44)62(37-22-6-2-7-23-37)56(50)57(52)63(58)38-24-8-3-9-25-38)41-28-12-10-26-39(41)49-45-32-16-19-35-48(45)64(55(49)53)59-60-46-33-17-14-30-43(46)54(61-59)36-20-4-1-5-21-36/h1-35H. The largest absolute Gasteiger partial charge is 0.307 e. The summed E-state index contributed by atoms with van der Waals surface area (Å²) < 4.78 is 6.50. The highest BCUT2D eigenvalue weighted by Crippen LogP contribution is 2.49. The van der Waals surface area contributed by atoms with Gasteiger partial charge in [-0.3, -0.25) is 13.9 Å². The maximum atomic E-state index is 16.7. The van der Waals surface area contributed by atoms with E-state index in [4.69, 9.17) is 9.97 Å². The summed E-state index contributed by atoms with van der Waals surface area (Å²) in [7, 11) is 0. The van der Waals surface area contributed by atoms with Gasteiger partial charge in [-0.25, -0.2) is 9.97 Å². The first-order chi connectivity index (χ1) is 32.2. The van der Waals surface area contributed by atoms with Crippen molar-refractivity contribution in [2.75, 3.05) is 0 Å². The molecule has 6 heteroatoms. The highest BCUT2D eigenvalue weighted by Gasteiger charge is 2.29. The summed E-state index contributed by atoms with van der Waals surface area (Å²) in [5, 5.41) is 12.0. The van der Waals surface area contributed by atoms with Crippen LogP contribution < -0.4 is 5.56 Å². The van der Waals surface area contributed by atoms with Gasteiger partial charge in [0.25, 0.3) is 5.56 Å². The van der Waals surface area contributed by atoms with E-state index in [1.165, 1.54) is 0 Å². The lowest BCUT2D eigenvalue weighted by Gasteiger charge is -2.21. The Morgan fingerprint density at radius 2 is 0.738 bits per heavy atom. The zero-order chi connectivity index (χ0) is 42.8. The van der Waals surface area contributed by atoms with Crippen LogP contribution in [0.15, 0.2) is 217 Å². The summed E-state index contributed by atoms with van der Waals surface area (Å²) in [4.78, 5) is 27.5. The second-order valence-corrected chi connectivity index (χ2v) is 16.8. The molecule has 0 spiro atoms. The lowest BCUT2D eigenvalue weighted by molar-refractivity contribution is 1.01. The number of hydrogen-bond donors (Lipinski definition) is 0. The molecule has 0 bridgehead atoms. The quantitative estimate of drug-likeness (QED) is 0.166. The molecule has 6 nitrogen and oxygen atoms in total. The third kappa shape index (κ3) is 4.90. The molecule has 0 N–H and O–H groups in total. The predicted octanol–water partition coefficient (Wildman–Crippen LogP) is 14.3. The van der Waals surface area contributed by atoms with E-state index in [-0.39, 0.29) is 5.56 Å². The molecule has 302 valence electrons. The molecule has 0 radical (unpaired) electrons. The molecule has 0 saturated carbocycles. The van der Waals surface area contributed by atoms with Crippen LogP contribution in [0.2, 0.25) is 0 Å². The maximum absolute atomic E-state index is 16.7. The average Bonchev–Trinajstić information content (AvgIpc) is 3.91. The molecule has 4 aromatic heterocycles. The number of fused-ring (bicyclic) bond motifs is 18. The zero-order valence-corrected chi connectivity index (χ0v) is 34.9. The van der Waals surface area contributed by atoms with Gasteiger partial charge in [-0.05, 0) is 64.0 Å². The molecule has 10 aromatic carbocycles. The van der Waals surface area contributed by atoms with Gasteiger partial charge in [-0.1, -0.05) is 170 Å². The molecule has 4 heterocycles. The van der Waals surface area contributed by atoms with E-state index in [0.29, 0.717) is 11.3 Å². The van der Waals surface area contributed by atoms with Gasteiger partial charge in [0.2, 0.25) is 5.95 Å². The van der Waals surface area contributed by atoms with Crippen molar-refractivity contribution < 1.29 is 0 Å². The summed E-state index contributed by atoms with van der Waals surface area (Å²) in [5.74, 6) is 0.501. The van der Waals surface area contributed by atoms with E-state index >= 15 is 4.79 Å². The second kappa shape index (κ2) is 13.6. The fourth-order valence-corrected chi connectivity index (χ4v) is 10.8. The van der Waals surface area contributed by atoms with E-state index in [9.17, 15) is 0 Å². The van der Waals surface area contributed by atoms with Crippen LogP contribution in [0.5, 0.6) is 0 Å². The minimum absolute atomic E-state index is 0.121. The maximum Gasteiger partial charge on any atom is 0.265 e. The fourth-order valence-electron chi connectivity index (χ4n) is 10.8. The molecule has 0 aliphatic rings. The van der Waals surface area contributed by atoms with Crippen molar-refractivity contribution >= 4 is 97.7 Å². The monoisotopic (exact) mass is 829 g/mol. The van der Waals surface area contributed by atoms with Crippen molar-refractivity contribution in [2.24, 2.45) is 0 Å². The van der Waals surface area contributed by atoms with Gasteiger partial charge in [-0.15, -0.1) is 0 Å². The number of rotatable bonds is 4. The van der Waals surface area contributed by atoms with Crippen LogP contribution in [0.3, 0.4) is 0 Å². The van der Waals surface area contributed by atoms with Gasteiger partial charge >= 0.3 is 0 Å². The minimum atomic E-state index is -0.121. The molecular formula is C59H35N5O. The lowest BCUT2D eigenvalue weighted by Crippen LogP contribution is -2.21. The van der Waals surface area contributed by atoms with E-state index in [2.05, 4.69) is 167 Å². The lowest BCUT2D eigenvalue weighted by atomic mass is 9.91. The Morgan fingerprint density at radius 1 is 0.308 bits per heavy atom. The fraction of sp³-hybridized carbons (Fsp3) is 0. The Labute approximate surface area is 371 Å². The Morgan fingerprint density at radius 3 is 1.35 bits per heavy atom. The molecule has 0 unspecified atom stereocenters. The van der Waals surface area contributed by atoms with E-state index in [0.717, 1.165) is 115 Å². The van der Waals surface area contributed by atoms with Crippen molar-refractivity contribution in [3.63, 3.8) is 0 Å². The Bertz CT molecular complexity index is 4360. The first kappa shape index (κ1) is 35.7. The van der Waals surface area contributed by atoms with Gasteiger partial charge in [0.05, 0.1) is 44.2 Å². The Balaban J connectivity index is 1.31. The van der Waals surface area contributed by atoms with Crippen LogP contribution in [0.1, 0.15) is 0 Å². The highest BCUT2D eigenvalue weighted by atomic mass is 16.1. The molecule has 14 rings (SSSR count). The molecule has 14 aromatic rings. The number of para-hydroxylation sites is 5.